The Kier molecular flexibility index (Phi) is 4.48. The smallest absolute Gasteiger partial charge is 0.252 e. The van der Waals surface area contributed by atoms with Crippen molar-refractivity contribution in [3.05, 3.63) is 32.7 Å². The molecule has 0 bridgehead atoms. The fourth-order valence-corrected chi connectivity index (χ4v) is 3.59. The monoisotopic (exact) mass is 400 g/mol. The Morgan fingerprint density at radius 1 is 1.30 bits per heavy atom. The van der Waals surface area contributed by atoms with Crippen molar-refractivity contribution in [2.45, 2.75) is 25.3 Å². The predicted octanol–water partition coefficient (Wildman–Crippen LogP) is 3.43. The Morgan fingerprint density at radius 2 is 2.10 bits per heavy atom. The number of likely N-dealkylation sites (tertiary alicyclic amines) is 1. The van der Waals surface area contributed by atoms with E-state index < -0.39 is 0 Å². The fourth-order valence-electron chi connectivity index (χ4n) is 2.80. The summed E-state index contributed by atoms with van der Waals surface area (Å²) in [6.45, 7) is 3.12. The van der Waals surface area contributed by atoms with Gasteiger partial charge in [0.1, 0.15) is 0 Å². The quantitative estimate of drug-likeness (QED) is 0.838. The van der Waals surface area contributed by atoms with Crippen molar-refractivity contribution in [1.29, 1.82) is 0 Å². The van der Waals surface area contributed by atoms with Gasteiger partial charge in [-0.15, -0.1) is 0 Å². The minimum Gasteiger partial charge on any atom is -0.352 e. The van der Waals surface area contributed by atoms with Crippen molar-refractivity contribution in [2.75, 3.05) is 19.6 Å². The van der Waals surface area contributed by atoms with Crippen molar-refractivity contribution in [2.24, 2.45) is 5.92 Å². The lowest BCUT2D eigenvalue weighted by atomic mass is 10.1. The highest BCUT2D eigenvalue weighted by Gasteiger charge is 2.34. The van der Waals surface area contributed by atoms with Crippen molar-refractivity contribution in [3.63, 3.8) is 0 Å². The van der Waals surface area contributed by atoms with E-state index in [2.05, 4.69) is 42.1 Å². The van der Waals surface area contributed by atoms with Crippen LogP contribution >= 0.6 is 31.9 Å². The first-order chi connectivity index (χ1) is 9.63. The molecule has 1 heterocycles. The first kappa shape index (κ1) is 14.5. The number of amides is 1. The van der Waals surface area contributed by atoms with Gasteiger partial charge >= 0.3 is 0 Å². The minimum absolute atomic E-state index is 0.00282. The fraction of sp³-hybridized carbons (Fsp3) is 0.533. The molecule has 1 aliphatic heterocycles. The number of nitrogens with one attached hydrogen (secondary N) is 1. The molecular weight excluding hydrogens is 384 g/mol. The largest absolute Gasteiger partial charge is 0.352 e. The van der Waals surface area contributed by atoms with E-state index in [9.17, 15) is 4.79 Å². The summed E-state index contributed by atoms with van der Waals surface area (Å²) in [5.74, 6) is 0.605. The normalized spacial score (nSPS) is 23.0. The molecule has 0 radical (unpaired) electrons. The van der Waals surface area contributed by atoms with Gasteiger partial charge in [0.15, 0.2) is 0 Å². The van der Waals surface area contributed by atoms with Crippen LogP contribution in [-0.2, 0) is 0 Å². The van der Waals surface area contributed by atoms with E-state index >= 15 is 0 Å². The highest BCUT2D eigenvalue weighted by Crippen LogP contribution is 2.31. The van der Waals surface area contributed by atoms with Crippen LogP contribution in [0.3, 0.4) is 0 Å². The summed E-state index contributed by atoms with van der Waals surface area (Å²) in [5, 5.41) is 3.07. The number of carbonyl (C=O) groups is 1. The van der Waals surface area contributed by atoms with Crippen LogP contribution in [0.15, 0.2) is 27.1 Å². The Morgan fingerprint density at radius 3 is 2.85 bits per heavy atom. The maximum Gasteiger partial charge on any atom is 0.252 e. The predicted molar refractivity (Wildman–Crippen MR) is 86.9 cm³/mol. The van der Waals surface area contributed by atoms with Crippen LogP contribution in [0.5, 0.6) is 0 Å². The third-order valence-corrected chi connectivity index (χ3v) is 5.29. The number of halogens is 2. The standard InChI is InChI=1S/C15H18Br2N2O/c16-11-1-4-14(17)13(7-11)15(20)18-8-10-5-6-19(9-10)12-2-3-12/h1,4,7,10,12H,2-3,5-6,8-9H2,(H,18,20). The molecule has 1 saturated heterocycles. The van der Waals surface area contributed by atoms with Crippen LogP contribution in [-0.4, -0.2) is 36.5 Å². The van der Waals surface area contributed by atoms with E-state index in [0.717, 1.165) is 28.1 Å². The summed E-state index contributed by atoms with van der Waals surface area (Å²) >= 11 is 6.84. The van der Waals surface area contributed by atoms with Gasteiger partial charge in [-0.1, -0.05) is 15.9 Å². The topological polar surface area (TPSA) is 32.3 Å². The van der Waals surface area contributed by atoms with Gasteiger partial charge in [-0.25, -0.2) is 0 Å². The van der Waals surface area contributed by atoms with E-state index in [1.54, 1.807) is 0 Å². The van der Waals surface area contributed by atoms with Crippen molar-refractivity contribution in [1.82, 2.24) is 10.2 Å². The molecule has 1 aromatic carbocycles. The summed E-state index contributed by atoms with van der Waals surface area (Å²) in [5.41, 5.74) is 0.691. The molecule has 108 valence electrons. The van der Waals surface area contributed by atoms with Crippen LogP contribution in [0, 0.1) is 5.92 Å². The molecule has 1 N–H and O–H groups in total. The third-order valence-electron chi connectivity index (χ3n) is 4.10. The molecule has 1 aliphatic carbocycles. The maximum atomic E-state index is 12.2. The molecule has 1 saturated carbocycles. The number of benzene rings is 1. The minimum atomic E-state index is 0.00282. The molecule has 0 spiro atoms. The first-order valence-electron chi connectivity index (χ1n) is 7.11. The molecule has 3 nitrogen and oxygen atoms in total. The molecule has 1 atom stereocenters. The number of rotatable bonds is 4. The number of hydrogen-bond acceptors (Lipinski definition) is 2. The molecule has 2 aliphatic rings. The average Bonchev–Trinajstić information content (AvgIpc) is 3.18. The summed E-state index contributed by atoms with van der Waals surface area (Å²) in [7, 11) is 0. The second-order valence-corrected chi connectivity index (χ2v) is 7.49. The number of hydrogen-bond donors (Lipinski definition) is 1. The van der Waals surface area contributed by atoms with Gasteiger partial charge in [0.25, 0.3) is 5.91 Å². The molecule has 20 heavy (non-hydrogen) atoms. The van der Waals surface area contributed by atoms with E-state index in [-0.39, 0.29) is 5.91 Å². The van der Waals surface area contributed by atoms with Crippen LogP contribution in [0.25, 0.3) is 0 Å². The van der Waals surface area contributed by atoms with Crippen LogP contribution in [0.2, 0.25) is 0 Å². The lowest BCUT2D eigenvalue weighted by Crippen LogP contribution is -2.31. The Labute approximate surface area is 136 Å². The highest BCUT2D eigenvalue weighted by atomic mass is 79.9. The zero-order chi connectivity index (χ0) is 14.1. The number of nitrogens with zero attached hydrogens (tertiary/aromatic N) is 1. The molecule has 0 aromatic heterocycles. The van der Waals surface area contributed by atoms with E-state index in [0.29, 0.717) is 11.5 Å². The summed E-state index contributed by atoms with van der Waals surface area (Å²) < 4.78 is 1.76. The highest BCUT2D eigenvalue weighted by molar-refractivity contribution is 9.11. The molecule has 1 unspecified atom stereocenters. The number of carbonyl (C=O) groups excluding carboxylic acids is 1. The molecule has 2 fully saturated rings. The second-order valence-electron chi connectivity index (χ2n) is 5.72. The van der Waals surface area contributed by atoms with Crippen molar-refractivity contribution in [3.8, 4) is 0 Å². The SMILES string of the molecule is O=C(NCC1CCN(C2CC2)C1)c1cc(Br)ccc1Br. The Hall–Kier alpha value is -0.390. The van der Waals surface area contributed by atoms with Gasteiger partial charge in [0, 0.05) is 28.1 Å². The van der Waals surface area contributed by atoms with Gasteiger partial charge in [0.2, 0.25) is 0 Å². The van der Waals surface area contributed by atoms with Crippen molar-refractivity contribution < 1.29 is 4.79 Å². The average molecular weight is 402 g/mol. The van der Waals surface area contributed by atoms with E-state index in [1.165, 1.54) is 25.8 Å². The lowest BCUT2D eigenvalue weighted by molar-refractivity contribution is 0.0946. The van der Waals surface area contributed by atoms with Gasteiger partial charge in [-0.2, -0.15) is 0 Å². The molecule has 1 aromatic rings. The summed E-state index contributed by atoms with van der Waals surface area (Å²) in [4.78, 5) is 14.8. The van der Waals surface area contributed by atoms with Gasteiger partial charge in [-0.05, 0) is 65.9 Å². The lowest BCUT2D eigenvalue weighted by Gasteiger charge is -2.15. The zero-order valence-corrected chi connectivity index (χ0v) is 14.4. The van der Waals surface area contributed by atoms with E-state index in [4.69, 9.17) is 0 Å². The molecule has 3 rings (SSSR count). The molecular formula is C15H18Br2N2O. The van der Waals surface area contributed by atoms with Crippen LogP contribution in [0.1, 0.15) is 29.6 Å². The zero-order valence-electron chi connectivity index (χ0n) is 11.2. The summed E-state index contributed by atoms with van der Waals surface area (Å²) in [6.07, 6.45) is 3.94. The van der Waals surface area contributed by atoms with Crippen LogP contribution < -0.4 is 5.32 Å². The Balaban J connectivity index is 1.53. The summed E-state index contributed by atoms with van der Waals surface area (Å²) in [6, 6.07) is 6.51. The first-order valence-corrected chi connectivity index (χ1v) is 8.69. The van der Waals surface area contributed by atoms with Crippen molar-refractivity contribution >= 4 is 37.8 Å². The third kappa shape index (κ3) is 3.43. The molecule has 1 amide bonds. The maximum absolute atomic E-state index is 12.2. The van der Waals surface area contributed by atoms with Gasteiger partial charge in [0.05, 0.1) is 5.56 Å². The van der Waals surface area contributed by atoms with E-state index in [1.807, 2.05) is 18.2 Å². The van der Waals surface area contributed by atoms with Gasteiger partial charge in [-0.3, -0.25) is 4.79 Å². The Bertz CT molecular complexity index is 517. The van der Waals surface area contributed by atoms with Crippen LogP contribution in [0.4, 0.5) is 0 Å². The second kappa shape index (κ2) is 6.16. The van der Waals surface area contributed by atoms with Gasteiger partial charge < -0.3 is 10.2 Å². The molecule has 5 heteroatoms.